The highest BCUT2D eigenvalue weighted by molar-refractivity contribution is 9.11. The lowest BCUT2D eigenvalue weighted by Crippen LogP contribution is -2.32. The molecule has 1 atom stereocenters. The van der Waals surface area contributed by atoms with Crippen molar-refractivity contribution in [2.45, 2.75) is 52.1 Å². The summed E-state index contributed by atoms with van der Waals surface area (Å²) in [6.45, 7) is 6.95. The molecule has 0 aliphatic carbocycles. The van der Waals surface area contributed by atoms with Crippen LogP contribution >= 0.6 is 27.3 Å². The summed E-state index contributed by atoms with van der Waals surface area (Å²) in [6, 6.07) is 9.88. The SMILES string of the molecule is C[C@@H](NC(=O)c1ncc(Br)s1)c1ccc(-c2cc(C(F)(F)F)ccc2CNC(=O)OC(C)(C)C)cc1. The normalized spacial score (nSPS) is 12.7. The van der Waals surface area contributed by atoms with E-state index in [-0.39, 0.29) is 18.5 Å². The van der Waals surface area contributed by atoms with E-state index in [9.17, 15) is 22.8 Å². The molecule has 0 saturated carbocycles. The van der Waals surface area contributed by atoms with Gasteiger partial charge in [-0.1, -0.05) is 30.3 Å². The van der Waals surface area contributed by atoms with Crippen molar-refractivity contribution in [1.29, 1.82) is 0 Å². The molecule has 2 N–H and O–H groups in total. The average molecular weight is 584 g/mol. The van der Waals surface area contributed by atoms with Crippen LogP contribution in [0.4, 0.5) is 18.0 Å². The number of halogens is 4. The predicted octanol–water partition coefficient (Wildman–Crippen LogP) is 7.11. The van der Waals surface area contributed by atoms with Crippen molar-refractivity contribution < 1.29 is 27.5 Å². The maximum absolute atomic E-state index is 13.4. The Hall–Kier alpha value is -2.92. The van der Waals surface area contributed by atoms with Gasteiger partial charge in [0, 0.05) is 6.54 Å². The molecule has 0 aliphatic heterocycles. The van der Waals surface area contributed by atoms with Gasteiger partial charge in [0.25, 0.3) is 5.91 Å². The minimum atomic E-state index is -4.52. The van der Waals surface area contributed by atoms with Gasteiger partial charge in [0.05, 0.1) is 21.6 Å². The summed E-state index contributed by atoms with van der Waals surface area (Å²) >= 11 is 4.48. The van der Waals surface area contributed by atoms with Crippen molar-refractivity contribution in [3.63, 3.8) is 0 Å². The molecule has 0 aliphatic rings. The molecule has 192 valence electrons. The van der Waals surface area contributed by atoms with E-state index < -0.39 is 23.4 Å². The fraction of sp³-hybridized carbons (Fsp3) is 0.320. The first-order chi connectivity index (χ1) is 16.7. The summed E-state index contributed by atoms with van der Waals surface area (Å²) < 4.78 is 46.2. The number of carbonyl (C=O) groups is 2. The Bertz CT molecular complexity index is 1240. The van der Waals surface area contributed by atoms with Crippen molar-refractivity contribution in [2.24, 2.45) is 0 Å². The molecule has 2 aromatic carbocycles. The Balaban J connectivity index is 1.82. The van der Waals surface area contributed by atoms with Crippen LogP contribution in [0.1, 0.15) is 60.2 Å². The summed E-state index contributed by atoms with van der Waals surface area (Å²) in [5, 5.41) is 5.77. The first-order valence-electron chi connectivity index (χ1n) is 10.9. The van der Waals surface area contributed by atoms with E-state index in [1.807, 2.05) is 0 Å². The first-order valence-corrected chi connectivity index (χ1v) is 12.5. The Morgan fingerprint density at radius 2 is 1.78 bits per heavy atom. The number of alkyl carbamates (subject to hydrolysis) is 1. The molecule has 0 bridgehead atoms. The number of carbonyl (C=O) groups excluding carboxylic acids is 2. The molecular weight excluding hydrogens is 559 g/mol. The number of aromatic nitrogens is 1. The highest BCUT2D eigenvalue weighted by Crippen LogP contribution is 2.34. The number of hydrogen-bond donors (Lipinski definition) is 2. The predicted molar refractivity (Wildman–Crippen MR) is 136 cm³/mol. The van der Waals surface area contributed by atoms with Gasteiger partial charge >= 0.3 is 12.3 Å². The number of benzene rings is 2. The average Bonchev–Trinajstić information content (AvgIpc) is 3.22. The number of amides is 2. The zero-order valence-corrected chi connectivity index (χ0v) is 22.4. The molecule has 0 fully saturated rings. The molecule has 6 nitrogen and oxygen atoms in total. The molecule has 1 heterocycles. The summed E-state index contributed by atoms with van der Waals surface area (Å²) in [5.41, 5.74) is 0.633. The molecule has 1 aromatic heterocycles. The molecule has 3 aromatic rings. The summed E-state index contributed by atoms with van der Waals surface area (Å²) in [5.74, 6) is -0.323. The fourth-order valence-electron chi connectivity index (χ4n) is 3.31. The van der Waals surface area contributed by atoms with Crippen molar-refractivity contribution in [1.82, 2.24) is 15.6 Å². The smallest absolute Gasteiger partial charge is 0.416 e. The lowest BCUT2D eigenvalue weighted by atomic mass is 9.95. The topological polar surface area (TPSA) is 80.3 Å². The minimum Gasteiger partial charge on any atom is -0.444 e. The van der Waals surface area contributed by atoms with Crippen molar-refractivity contribution in [3.05, 3.63) is 74.1 Å². The van der Waals surface area contributed by atoms with E-state index in [0.29, 0.717) is 21.7 Å². The monoisotopic (exact) mass is 583 g/mol. The number of ether oxygens (including phenoxy) is 1. The van der Waals surface area contributed by atoms with Crippen LogP contribution in [0, 0.1) is 0 Å². The maximum atomic E-state index is 13.4. The number of thiazole rings is 1. The Labute approximate surface area is 219 Å². The third-order valence-corrected chi connectivity index (χ3v) is 6.48. The third kappa shape index (κ3) is 7.54. The van der Waals surface area contributed by atoms with Crippen LogP contribution in [-0.2, 0) is 17.5 Å². The maximum Gasteiger partial charge on any atom is 0.416 e. The first kappa shape index (κ1) is 27.7. The number of nitrogens with zero attached hydrogens (tertiary/aromatic N) is 1. The molecule has 3 rings (SSSR count). The van der Waals surface area contributed by atoms with Crippen LogP contribution in [0.15, 0.2) is 52.4 Å². The van der Waals surface area contributed by atoms with Crippen molar-refractivity contribution >= 4 is 39.3 Å². The molecule has 0 unspecified atom stereocenters. The van der Waals surface area contributed by atoms with Gasteiger partial charge in [0.15, 0.2) is 5.01 Å². The van der Waals surface area contributed by atoms with E-state index in [1.54, 1.807) is 58.2 Å². The van der Waals surface area contributed by atoms with Gasteiger partial charge in [0.2, 0.25) is 0 Å². The Morgan fingerprint density at radius 3 is 2.33 bits per heavy atom. The Morgan fingerprint density at radius 1 is 1.11 bits per heavy atom. The van der Waals surface area contributed by atoms with Gasteiger partial charge in [-0.2, -0.15) is 13.2 Å². The lowest BCUT2D eigenvalue weighted by molar-refractivity contribution is -0.137. The standard InChI is InChI=1S/C25H25BrF3N3O3S/c1-14(32-21(33)22-30-13-20(26)36-22)15-5-7-16(8-6-15)19-11-18(25(27,28)29)10-9-17(19)12-31-23(34)35-24(2,3)4/h5-11,13-14H,12H2,1-4H3,(H,31,34)(H,32,33)/t14-/m1/s1. The van der Waals surface area contributed by atoms with Crippen molar-refractivity contribution in [3.8, 4) is 11.1 Å². The van der Waals surface area contributed by atoms with Gasteiger partial charge in [-0.3, -0.25) is 4.79 Å². The second kappa shape index (κ2) is 11.0. The van der Waals surface area contributed by atoms with Crippen LogP contribution in [0.25, 0.3) is 11.1 Å². The second-order valence-electron chi connectivity index (χ2n) is 9.01. The van der Waals surface area contributed by atoms with E-state index in [1.165, 1.54) is 17.4 Å². The van der Waals surface area contributed by atoms with E-state index >= 15 is 0 Å². The molecular formula is C25H25BrF3N3O3S. The van der Waals surface area contributed by atoms with Crippen LogP contribution in [0.3, 0.4) is 0 Å². The van der Waals surface area contributed by atoms with Gasteiger partial charge in [-0.05, 0) is 78.0 Å². The van der Waals surface area contributed by atoms with Crippen LogP contribution in [0.5, 0.6) is 0 Å². The molecule has 2 amide bonds. The van der Waals surface area contributed by atoms with E-state index in [2.05, 4.69) is 31.5 Å². The van der Waals surface area contributed by atoms with Gasteiger partial charge in [-0.25, -0.2) is 9.78 Å². The number of alkyl halides is 3. The molecule has 0 saturated heterocycles. The van der Waals surface area contributed by atoms with Crippen LogP contribution in [0.2, 0.25) is 0 Å². The zero-order chi connectivity index (χ0) is 26.7. The van der Waals surface area contributed by atoms with E-state index in [0.717, 1.165) is 21.5 Å². The second-order valence-corrected chi connectivity index (χ2v) is 11.4. The molecule has 0 spiro atoms. The Kier molecular flexibility index (Phi) is 8.45. The van der Waals surface area contributed by atoms with Crippen molar-refractivity contribution in [2.75, 3.05) is 0 Å². The zero-order valence-electron chi connectivity index (χ0n) is 20.0. The quantitative estimate of drug-likeness (QED) is 0.324. The summed E-state index contributed by atoms with van der Waals surface area (Å²) in [4.78, 5) is 28.5. The number of rotatable bonds is 6. The molecule has 0 radical (unpaired) electrons. The largest absolute Gasteiger partial charge is 0.444 e. The van der Waals surface area contributed by atoms with E-state index in [4.69, 9.17) is 4.74 Å². The van der Waals surface area contributed by atoms with Crippen LogP contribution in [-0.4, -0.2) is 22.6 Å². The third-order valence-electron chi connectivity index (χ3n) is 5.00. The number of hydrogen-bond acceptors (Lipinski definition) is 5. The number of nitrogens with one attached hydrogen (secondary N) is 2. The van der Waals surface area contributed by atoms with Gasteiger partial charge in [-0.15, -0.1) is 11.3 Å². The minimum absolute atomic E-state index is 0.0139. The molecule has 36 heavy (non-hydrogen) atoms. The highest BCUT2D eigenvalue weighted by Gasteiger charge is 2.31. The summed E-state index contributed by atoms with van der Waals surface area (Å²) in [6.07, 6.45) is -3.64. The van der Waals surface area contributed by atoms with Gasteiger partial charge < -0.3 is 15.4 Å². The van der Waals surface area contributed by atoms with Gasteiger partial charge in [0.1, 0.15) is 5.60 Å². The molecule has 11 heteroatoms. The summed E-state index contributed by atoms with van der Waals surface area (Å²) in [7, 11) is 0. The fourth-order valence-corrected chi connectivity index (χ4v) is 4.42. The lowest BCUT2D eigenvalue weighted by Gasteiger charge is -2.20. The highest BCUT2D eigenvalue weighted by atomic mass is 79.9. The van der Waals surface area contributed by atoms with Crippen LogP contribution < -0.4 is 10.6 Å².